The molecule has 0 aromatic heterocycles. The third kappa shape index (κ3) is 4.05. The Kier molecular flexibility index (Phi) is 5.87. The van der Waals surface area contributed by atoms with E-state index in [0.717, 1.165) is 25.9 Å². The van der Waals surface area contributed by atoms with Gasteiger partial charge in [0.2, 0.25) is 0 Å². The summed E-state index contributed by atoms with van der Waals surface area (Å²) in [6.07, 6.45) is 7.52. The molecule has 1 aromatic carbocycles. The number of hydrogen-bond donors (Lipinski definition) is 1. The first-order valence-electron chi connectivity index (χ1n) is 7.70. The number of aliphatic hydroxyl groups excluding tert-OH is 1. The summed E-state index contributed by atoms with van der Waals surface area (Å²) in [7, 11) is 0. The van der Waals surface area contributed by atoms with Crippen LogP contribution in [0.2, 0.25) is 0 Å². The predicted molar refractivity (Wildman–Crippen MR) is 78.2 cm³/mol. The van der Waals surface area contributed by atoms with Crippen LogP contribution >= 0.6 is 0 Å². The van der Waals surface area contributed by atoms with Crippen molar-refractivity contribution in [3.63, 3.8) is 0 Å². The monoisotopic (exact) mass is 262 g/mol. The normalized spacial score (nSPS) is 20.0. The first-order valence-corrected chi connectivity index (χ1v) is 7.70. The minimum atomic E-state index is -0.358. The van der Waals surface area contributed by atoms with Crippen LogP contribution in [0.3, 0.4) is 0 Å². The van der Waals surface area contributed by atoms with Gasteiger partial charge in [-0.15, -0.1) is 0 Å². The largest absolute Gasteiger partial charge is 0.390 e. The highest BCUT2D eigenvalue weighted by atomic mass is 16.5. The van der Waals surface area contributed by atoms with Crippen LogP contribution in [0.25, 0.3) is 0 Å². The molecule has 0 saturated heterocycles. The fraction of sp³-hybridized carbons (Fsp3) is 0.647. The molecule has 106 valence electrons. The SMILES string of the molecule is CCCCCCCC(O)C1OCCc2ccccc21. The van der Waals surface area contributed by atoms with Crippen molar-refractivity contribution in [2.45, 2.75) is 64.1 Å². The van der Waals surface area contributed by atoms with Gasteiger partial charge in [-0.05, 0) is 24.0 Å². The number of ether oxygens (including phenoxy) is 1. The molecule has 0 aliphatic carbocycles. The van der Waals surface area contributed by atoms with Crippen molar-refractivity contribution in [3.8, 4) is 0 Å². The molecule has 2 nitrogen and oxygen atoms in total. The maximum absolute atomic E-state index is 10.4. The molecule has 1 aliphatic rings. The van der Waals surface area contributed by atoms with Crippen LogP contribution in [0.4, 0.5) is 0 Å². The number of benzene rings is 1. The van der Waals surface area contributed by atoms with Crippen molar-refractivity contribution in [2.75, 3.05) is 6.61 Å². The van der Waals surface area contributed by atoms with Gasteiger partial charge in [-0.25, -0.2) is 0 Å². The highest BCUT2D eigenvalue weighted by Crippen LogP contribution is 2.31. The average Bonchev–Trinajstić information content (AvgIpc) is 2.46. The van der Waals surface area contributed by atoms with Gasteiger partial charge >= 0.3 is 0 Å². The van der Waals surface area contributed by atoms with Gasteiger partial charge in [0, 0.05) is 0 Å². The molecule has 0 spiro atoms. The molecule has 19 heavy (non-hydrogen) atoms. The second kappa shape index (κ2) is 7.66. The quantitative estimate of drug-likeness (QED) is 0.752. The van der Waals surface area contributed by atoms with E-state index < -0.39 is 0 Å². The molecule has 2 atom stereocenters. The van der Waals surface area contributed by atoms with E-state index >= 15 is 0 Å². The van der Waals surface area contributed by atoms with Gasteiger partial charge in [0.05, 0.1) is 12.7 Å². The Hall–Kier alpha value is -0.860. The molecule has 0 bridgehead atoms. The van der Waals surface area contributed by atoms with Gasteiger partial charge in [0.25, 0.3) is 0 Å². The Labute approximate surface area is 116 Å². The Bertz CT molecular complexity index is 375. The summed E-state index contributed by atoms with van der Waals surface area (Å²) >= 11 is 0. The van der Waals surface area contributed by atoms with Crippen LogP contribution in [0.1, 0.15) is 62.7 Å². The zero-order chi connectivity index (χ0) is 13.5. The molecule has 0 amide bonds. The molecule has 1 aliphatic heterocycles. The average molecular weight is 262 g/mol. The van der Waals surface area contributed by atoms with Crippen LogP contribution in [0.5, 0.6) is 0 Å². The van der Waals surface area contributed by atoms with Crippen LogP contribution in [-0.2, 0) is 11.2 Å². The Balaban J connectivity index is 1.84. The second-order valence-electron chi connectivity index (χ2n) is 5.51. The van der Waals surface area contributed by atoms with Crippen LogP contribution in [0.15, 0.2) is 24.3 Å². The van der Waals surface area contributed by atoms with Gasteiger partial charge in [-0.1, -0.05) is 63.3 Å². The Morgan fingerprint density at radius 1 is 1.21 bits per heavy atom. The van der Waals surface area contributed by atoms with Crippen molar-refractivity contribution in [1.29, 1.82) is 0 Å². The van der Waals surface area contributed by atoms with E-state index in [2.05, 4.69) is 25.1 Å². The van der Waals surface area contributed by atoms with Gasteiger partial charge in [0.15, 0.2) is 0 Å². The summed E-state index contributed by atoms with van der Waals surface area (Å²) < 4.78 is 5.79. The molecule has 0 saturated carbocycles. The first-order chi connectivity index (χ1) is 9.33. The van der Waals surface area contributed by atoms with E-state index in [9.17, 15) is 5.11 Å². The minimum absolute atomic E-state index is 0.115. The lowest BCUT2D eigenvalue weighted by atomic mass is 9.92. The van der Waals surface area contributed by atoms with Crippen LogP contribution in [0, 0.1) is 0 Å². The van der Waals surface area contributed by atoms with Gasteiger partial charge < -0.3 is 9.84 Å². The molecular weight excluding hydrogens is 236 g/mol. The molecule has 2 unspecified atom stereocenters. The van der Waals surface area contributed by atoms with Crippen LogP contribution in [-0.4, -0.2) is 17.8 Å². The van der Waals surface area contributed by atoms with E-state index in [-0.39, 0.29) is 12.2 Å². The maximum atomic E-state index is 10.4. The molecule has 1 N–H and O–H groups in total. The molecular formula is C17H26O2. The maximum Gasteiger partial charge on any atom is 0.109 e. The van der Waals surface area contributed by atoms with Crippen molar-refractivity contribution in [2.24, 2.45) is 0 Å². The van der Waals surface area contributed by atoms with Gasteiger partial charge in [-0.2, -0.15) is 0 Å². The summed E-state index contributed by atoms with van der Waals surface area (Å²) in [4.78, 5) is 0. The topological polar surface area (TPSA) is 29.5 Å². The van der Waals surface area contributed by atoms with E-state index in [0.29, 0.717) is 0 Å². The lowest BCUT2D eigenvalue weighted by molar-refractivity contribution is -0.0503. The Morgan fingerprint density at radius 2 is 2.00 bits per heavy atom. The van der Waals surface area contributed by atoms with Crippen molar-refractivity contribution in [3.05, 3.63) is 35.4 Å². The van der Waals surface area contributed by atoms with Crippen molar-refractivity contribution in [1.82, 2.24) is 0 Å². The number of fused-ring (bicyclic) bond motifs is 1. The molecule has 0 fully saturated rings. The van der Waals surface area contributed by atoms with E-state index in [1.807, 2.05) is 6.07 Å². The first kappa shape index (κ1) is 14.5. The predicted octanol–water partition coefficient (Wildman–Crippen LogP) is 4.02. The smallest absolute Gasteiger partial charge is 0.109 e. The standard InChI is InChI=1S/C17H26O2/c1-2-3-4-5-6-11-16(18)17-15-10-8-7-9-14(15)12-13-19-17/h7-10,16-18H,2-6,11-13H2,1H3. The highest BCUT2D eigenvalue weighted by Gasteiger charge is 2.26. The molecule has 0 radical (unpaired) electrons. The zero-order valence-electron chi connectivity index (χ0n) is 12.0. The molecule has 1 aromatic rings. The molecule has 1 heterocycles. The Morgan fingerprint density at radius 3 is 2.84 bits per heavy atom. The van der Waals surface area contributed by atoms with Crippen molar-refractivity contribution < 1.29 is 9.84 Å². The third-order valence-corrected chi connectivity index (χ3v) is 3.98. The molecule has 2 rings (SSSR count). The summed E-state index contributed by atoms with van der Waals surface area (Å²) in [5, 5.41) is 10.4. The van der Waals surface area contributed by atoms with Crippen LogP contribution < -0.4 is 0 Å². The summed E-state index contributed by atoms with van der Waals surface area (Å²) in [6.45, 7) is 2.95. The van der Waals surface area contributed by atoms with Gasteiger partial charge in [-0.3, -0.25) is 0 Å². The lowest BCUT2D eigenvalue weighted by Gasteiger charge is -2.29. The van der Waals surface area contributed by atoms with E-state index in [4.69, 9.17) is 4.74 Å². The fourth-order valence-electron chi connectivity index (χ4n) is 2.85. The third-order valence-electron chi connectivity index (χ3n) is 3.98. The van der Waals surface area contributed by atoms with E-state index in [1.54, 1.807) is 0 Å². The number of unbranched alkanes of at least 4 members (excludes halogenated alkanes) is 4. The summed E-state index contributed by atoms with van der Waals surface area (Å²) in [5.41, 5.74) is 2.53. The number of aliphatic hydroxyl groups is 1. The van der Waals surface area contributed by atoms with E-state index in [1.165, 1.54) is 36.8 Å². The second-order valence-corrected chi connectivity index (χ2v) is 5.51. The van der Waals surface area contributed by atoms with Crippen molar-refractivity contribution >= 4 is 0 Å². The zero-order valence-corrected chi connectivity index (χ0v) is 12.0. The number of rotatable bonds is 7. The molecule has 2 heteroatoms. The minimum Gasteiger partial charge on any atom is -0.390 e. The summed E-state index contributed by atoms with van der Waals surface area (Å²) in [5.74, 6) is 0. The lowest BCUT2D eigenvalue weighted by Crippen LogP contribution is -2.27. The van der Waals surface area contributed by atoms with Gasteiger partial charge in [0.1, 0.15) is 6.10 Å². The summed E-state index contributed by atoms with van der Waals surface area (Å²) in [6, 6.07) is 8.35. The number of hydrogen-bond acceptors (Lipinski definition) is 2. The highest BCUT2D eigenvalue weighted by molar-refractivity contribution is 5.31. The fourth-order valence-corrected chi connectivity index (χ4v) is 2.85.